The van der Waals surface area contributed by atoms with Crippen molar-refractivity contribution in [2.75, 3.05) is 13.1 Å². The van der Waals surface area contributed by atoms with Gasteiger partial charge in [0.1, 0.15) is 0 Å². The molecule has 4 amide bonds. The van der Waals surface area contributed by atoms with E-state index >= 15 is 0 Å². The maximum Gasteiger partial charge on any atom is 0.261 e. The Morgan fingerprint density at radius 1 is 1.11 bits per heavy atom. The Morgan fingerprint density at radius 3 is 2.48 bits per heavy atom. The van der Waals surface area contributed by atoms with Gasteiger partial charge < -0.3 is 10.6 Å². The van der Waals surface area contributed by atoms with E-state index in [2.05, 4.69) is 10.6 Å². The van der Waals surface area contributed by atoms with Gasteiger partial charge in [-0.25, -0.2) is 0 Å². The zero-order valence-electron chi connectivity index (χ0n) is 16.1. The van der Waals surface area contributed by atoms with E-state index in [0.29, 0.717) is 17.7 Å². The van der Waals surface area contributed by atoms with Gasteiger partial charge in [-0.2, -0.15) is 0 Å². The van der Waals surface area contributed by atoms with Crippen LogP contribution in [-0.4, -0.2) is 47.7 Å². The first kappa shape index (κ1) is 20.6. The molecule has 27 heavy (non-hydrogen) atoms. The van der Waals surface area contributed by atoms with Crippen molar-refractivity contribution in [2.24, 2.45) is 0 Å². The van der Waals surface area contributed by atoms with Gasteiger partial charge in [0.05, 0.1) is 11.1 Å². The third-order valence-corrected chi connectivity index (χ3v) is 4.63. The maximum absolute atomic E-state index is 12.4. The normalized spacial score (nSPS) is 14.1. The predicted octanol–water partition coefficient (Wildman–Crippen LogP) is 2.12. The summed E-state index contributed by atoms with van der Waals surface area (Å²) in [6.07, 6.45) is 2.65. The molecule has 1 aromatic carbocycles. The van der Waals surface area contributed by atoms with Crippen molar-refractivity contribution >= 4 is 23.6 Å². The third-order valence-electron chi connectivity index (χ3n) is 4.63. The van der Waals surface area contributed by atoms with Crippen molar-refractivity contribution < 1.29 is 19.2 Å². The van der Waals surface area contributed by atoms with Gasteiger partial charge in [-0.1, -0.05) is 20.3 Å². The lowest BCUT2D eigenvalue weighted by Crippen LogP contribution is -2.35. The first-order chi connectivity index (χ1) is 12.9. The van der Waals surface area contributed by atoms with Gasteiger partial charge in [-0.05, 0) is 38.0 Å². The molecule has 2 rings (SSSR count). The van der Waals surface area contributed by atoms with Crippen LogP contribution in [0.5, 0.6) is 0 Å². The molecule has 1 aliphatic heterocycles. The third kappa shape index (κ3) is 4.93. The van der Waals surface area contributed by atoms with Crippen LogP contribution in [0.15, 0.2) is 18.2 Å². The number of rotatable bonds is 9. The van der Waals surface area contributed by atoms with E-state index in [9.17, 15) is 19.2 Å². The number of unbranched alkanes of at least 4 members (excludes halogenated alkanes) is 1. The molecule has 1 atom stereocenters. The molecule has 1 heterocycles. The zero-order chi connectivity index (χ0) is 20.0. The van der Waals surface area contributed by atoms with E-state index in [-0.39, 0.29) is 48.2 Å². The number of carbonyl (C=O) groups excluding carboxylic acids is 4. The molecule has 7 heteroatoms. The number of hydrogen-bond acceptors (Lipinski definition) is 4. The molecule has 0 aromatic heterocycles. The quantitative estimate of drug-likeness (QED) is 0.648. The first-order valence-corrected chi connectivity index (χ1v) is 9.46. The number of nitrogens with zero attached hydrogens (tertiary/aromatic N) is 1. The van der Waals surface area contributed by atoms with Gasteiger partial charge in [0.2, 0.25) is 5.91 Å². The summed E-state index contributed by atoms with van der Waals surface area (Å²) >= 11 is 0. The number of amides is 4. The van der Waals surface area contributed by atoms with Crippen molar-refractivity contribution in [3.05, 3.63) is 34.9 Å². The van der Waals surface area contributed by atoms with Crippen LogP contribution >= 0.6 is 0 Å². The van der Waals surface area contributed by atoms with Crippen molar-refractivity contribution in [3.63, 3.8) is 0 Å². The average Bonchev–Trinajstić information content (AvgIpc) is 2.89. The number of benzene rings is 1. The molecule has 0 bridgehead atoms. The summed E-state index contributed by atoms with van der Waals surface area (Å²) in [5.74, 6) is -1.16. The van der Waals surface area contributed by atoms with Crippen LogP contribution in [0, 0.1) is 0 Å². The van der Waals surface area contributed by atoms with E-state index in [1.165, 1.54) is 23.1 Å². The van der Waals surface area contributed by atoms with Crippen LogP contribution in [-0.2, 0) is 4.79 Å². The fourth-order valence-corrected chi connectivity index (χ4v) is 2.79. The molecule has 0 fully saturated rings. The molecule has 1 unspecified atom stereocenters. The molecular weight excluding hydrogens is 346 g/mol. The summed E-state index contributed by atoms with van der Waals surface area (Å²) in [6.45, 7) is 6.48. The Bertz CT molecular complexity index is 745. The molecule has 7 nitrogen and oxygen atoms in total. The summed E-state index contributed by atoms with van der Waals surface area (Å²) in [7, 11) is 0. The van der Waals surface area contributed by atoms with Crippen LogP contribution < -0.4 is 10.6 Å². The minimum absolute atomic E-state index is 0.101. The highest BCUT2D eigenvalue weighted by Gasteiger charge is 2.35. The molecule has 0 saturated carbocycles. The van der Waals surface area contributed by atoms with Gasteiger partial charge in [-0.3, -0.25) is 24.1 Å². The molecule has 1 aromatic rings. The summed E-state index contributed by atoms with van der Waals surface area (Å²) in [6, 6.07) is 4.61. The van der Waals surface area contributed by atoms with Crippen molar-refractivity contribution in [1.29, 1.82) is 0 Å². The minimum atomic E-state index is -0.374. The standard InChI is InChI=1S/C20H27N3O4/c1-4-6-11-23-19(26)15-8-7-14(12-16(15)20(23)27)18(25)21-10-9-17(24)22-13(3)5-2/h7-8,12-13H,4-6,9-11H2,1-3H3,(H,21,25)(H,22,24). The maximum atomic E-state index is 12.4. The van der Waals surface area contributed by atoms with Gasteiger partial charge in [0, 0.05) is 31.1 Å². The molecule has 0 aliphatic carbocycles. The second-order valence-electron chi connectivity index (χ2n) is 6.76. The lowest BCUT2D eigenvalue weighted by molar-refractivity contribution is -0.121. The largest absolute Gasteiger partial charge is 0.354 e. The Kier molecular flexibility index (Phi) is 7.10. The van der Waals surface area contributed by atoms with Crippen molar-refractivity contribution in [1.82, 2.24) is 15.5 Å². The highest BCUT2D eigenvalue weighted by molar-refractivity contribution is 6.22. The Hall–Kier alpha value is -2.70. The lowest BCUT2D eigenvalue weighted by Gasteiger charge is -2.12. The second-order valence-corrected chi connectivity index (χ2v) is 6.76. The van der Waals surface area contributed by atoms with Gasteiger partial charge in [0.25, 0.3) is 17.7 Å². The van der Waals surface area contributed by atoms with Gasteiger partial charge in [-0.15, -0.1) is 0 Å². The van der Waals surface area contributed by atoms with E-state index in [1.807, 2.05) is 20.8 Å². The number of carbonyl (C=O) groups is 4. The first-order valence-electron chi connectivity index (χ1n) is 9.46. The number of nitrogens with one attached hydrogen (secondary N) is 2. The number of hydrogen-bond donors (Lipinski definition) is 2. The molecule has 146 valence electrons. The molecule has 0 spiro atoms. The Labute approximate surface area is 159 Å². The van der Waals surface area contributed by atoms with E-state index in [4.69, 9.17) is 0 Å². The summed E-state index contributed by atoms with van der Waals surface area (Å²) in [5, 5.41) is 5.51. The van der Waals surface area contributed by atoms with Crippen LogP contribution in [0.4, 0.5) is 0 Å². The number of fused-ring (bicyclic) bond motifs is 1. The summed E-state index contributed by atoms with van der Waals surface area (Å²) < 4.78 is 0. The fraction of sp³-hybridized carbons (Fsp3) is 0.500. The SMILES string of the molecule is CCCCN1C(=O)c2ccc(C(=O)NCCC(=O)NC(C)CC)cc2C1=O. The highest BCUT2D eigenvalue weighted by Crippen LogP contribution is 2.24. The zero-order valence-corrected chi connectivity index (χ0v) is 16.1. The Morgan fingerprint density at radius 2 is 1.81 bits per heavy atom. The molecule has 1 aliphatic rings. The molecular formula is C20H27N3O4. The summed E-state index contributed by atoms with van der Waals surface area (Å²) in [4.78, 5) is 50.0. The monoisotopic (exact) mass is 373 g/mol. The van der Waals surface area contributed by atoms with Crippen LogP contribution in [0.25, 0.3) is 0 Å². The van der Waals surface area contributed by atoms with Crippen molar-refractivity contribution in [2.45, 2.75) is 52.5 Å². The second kappa shape index (κ2) is 9.30. The molecule has 0 radical (unpaired) electrons. The lowest BCUT2D eigenvalue weighted by atomic mass is 10.1. The van der Waals surface area contributed by atoms with Gasteiger partial charge >= 0.3 is 0 Å². The predicted molar refractivity (Wildman–Crippen MR) is 102 cm³/mol. The molecule has 0 saturated heterocycles. The minimum Gasteiger partial charge on any atom is -0.354 e. The highest BCUT2D eigenvalue weighted by atomic mass is 16.2. The topological polar surface area (TPSA) is 95.6 Å². The average molecular weight is 373 g/mol. The van der Waals surface area contributed by atoms with Crippen LogP contribution in [0.1, 0.15) is 77.5 Å². The van der Waals surface area contributed by atoms with Gasteiger partial charge in [0.15, 0.2) is 0 Å². The van der Waals surface area contributed by atoms with E-state index < -0.39 is 0 Å². The van der Waals surface area contributed by atoms with Crippen LogP contribution in [0.2, 0.25) is 0 Å². The number of imide groups is 1. The van der Waals surface area contributed by atoms with E-state index in [1.54, 1.807) is 0 Å². The Balaban J connectivity index is 1.96. The molecule has 2 N–H and O–H groups in total. The summed E-state index contributed by atoms with van der Waals surface area (Å²) in [5.41, 5.74) is 0.897. The fourth-order valence-electron chi connectivity index (χ4n) is 2.79. The smallest absolute Gasteiger partial charge is 0.261 e. The van der Waals surface area contributed by atoms with Crippen molar-refractivity contribution in [3.8, 4) is 0 Å². The van der Waals surface area contributed by atoms with Crippen LogP contribution in [0.3, 0.4) is 0 Å². The van der Waals surface area contributed by atoms with E-state index in [0.717, 1.165) is 19.3 Å².